The Balaban J connectivity index is 1.57. The van der Waals surface area contributed by atoms with Crippen LogP contribution in [0.2, 0.25) is 0 Å². The van der Waals surface area contributed by atoms with E-state index in [1.54, 1.807) is 12.5 Å². The van der Waals surface area contributed by atoms with Crippen molar-refractivity contribution in [2.45, 2.75) is 32.6 Å². The normalized spacial score (nSPS) is 13.5. The first-order valence-electron chi connectivity index (χ1n) is 7.52. The van der Waals surface area contributed by atoms with E-state index >= 15 is 0 Å². The number of H-pyrrole nitrogens is 1. The molecule has 5 nitrogen and oxygen atoms in total. The minimum absolute atomic E-state index is 0.0995. The Bertz CT molecular complexity index is 860. The van der Waals surface area contributed by atoms with Crippen LogP contribution in [0.3, 0.4) is 0 Å². The first-order valence-corrected chi connectivity index (χ1v) is 7.52. The van der Waals surface area contributed by atoms with Gasteiger partial charge < -0.3 is 9.40 Å². The summed E-state index contributed by atoms with van der Waals surface area (Å²) in [6.45, 7) is 1.90. The lowest BCUT2D eigenvalue weighted by Crippen LogP contribution is -2.15. The third-order valence-corrected chi connectivity index (χ3v) is 4.18. The number of furan rings is 1. The highest BCUT2D eigenvalue weighted by Crippen LogP contribution is 2.30. The first-order chi connectivity index (χ1) is 10.7. The summed E-state index contributed by atoms with van der Waals surface area (Å²) in [7, 11) is 0. The number of imidazole rings is 1. The van der Waals surface area contributed by atoms with Crippen molar-refractivity contribution in [3.8, 4) is 0 Å². The number of rotatable bonds is 3. The highest BCUT2D eigenvalue weighted by molar-refractivity contribution is 5.94. The van der Waals surface area contributed by atoms with Crippen LogP contribution in [0.15, 0.2) is 29.0 Å². The van der Waals surface area contributed by atoms with Gasteiger partial charge >= 0.3 is 0 Å². The van der Waals surface area contributed by atoms with Gasteiger partial charge in [0.05, 0.1) is 12.7 Å². The van der Waals surface area contributed by atoms with E-state index in [0.717, 1.165) is 35.1 Å². The Morgan fingerprint density at radius 3 is 2.95 bits per heavy atom. The van der Waals surface area contributed by atoms with E-state index in [1.807, 2.05) is 6.92 Å². The van der Waals surface area contributed by atoms with Crippen LogP contribution in [0, 0.1) is 6.92 Å². The second-order valence-electron chi connectivity index (χ2n) is 5.87. The van der Waals surface area contributed by atoms with E-state index in [1.165, 1.54) is 17.5 Å². The average Bonchev–Trinajstić information content (AvgIpc) is 3.18. The van der Waals surface area contributed by atoms with Crippen molar-refractivity contribution in [2.24, 2.45) is 0 Å². The molecule has 4 rings (SSSR count). The number of hydrogen-bond donors (Lipinski definition) is 2. The van der Waals surface area contributed by atoms with Crippen LogP contribution < -0.4 is 5.32 Å². The maximum absolute atomic E-state index is 12.2. The van der Waals surface area contributed by atoms with Gasteiger partial charge in [-0.1, -0.05) is 0 Å². The van der Waals surface area contributed by atoms with Crippen molar-refractivity contribution in [1.29, 1.82) is 0 Å². The molecule has 5 heteroatoms. The number of nitrogens with one attached hydrogen (secondary N) is 2. The molecule has 1 aromatic carbocycles. The van der Waals surface area contributed by atoms with Gasteiger partial charge in [-0.25, -0.2) is 4.98 Å². The summed E-state index contributed by atoms with van der Waals surface area (Å²) >= 11 is 0. The molecule has 2 aromatic heterocycles. The predicted molar refractivity (Wildman–Crippen MR) is 83.9 cm³/mol. The molecule has 0 bridgehead atoms. The highest BCUT2D eigenvalue weighted by Gasteiger charge is 2.17. The fourth-order valence-electron chi connectivity index (χ4n) is 3.11. The molecule has 22 heavy (non-hydrogen) atoms. The zero-order valence-corrected chi connectivity index (χ0v) is 12.4. The monoisotopic (exact) mass is 295 g/mol. The van der Waals surface area contributed by atoms with Crippen LogP contribution in [-0.4, -0.2) is 15.9 Å². The average molecular weight is 295 g/mol. The molecule has 0 fully saturated rings. The second-order valence-corrected chi connectivity index (χ2v) is 5.87. The molecule has 1 aliphatic carbocycles. The molecule has 0 atom stereocenters. The quantitative estimate of drug-likeness (QED) is 0.780. The second kappa shape index (κ2) is 5.02. The molecule has 2 heterocycles. The molecule has 1 amide bonds. The maximum Gasteiger partial charge on any atom is 0.231 e. The van der Waals surface area contributed by atoms with Gasteiger partial charge in [-0.3, -0.25) is 10.1 Å². The molecule has 1 aliphatic rings. The van der Waals surface area contributed by atoms with E-state index in [0.29, 0.717) is 5.95 Å². The van der Waals surface area contributed by atoms with E-state index < -0.39 is 0 Å². The van der Waals surface area contributed by atoms with Gasteiger partial charge in [0, 0.05) is 22.8 Å². The van der Waals surface area contributed by atoms with E-state index in [2.05, 4.69) is 27.4 Å². The number of carbonyl (C=O) groups is 1. The third-order valence-electron chi connectivity index (χ3n) is 4.18. The summed E-state index contributed by atoms with van der Waals surface area (Å²) in [5, 5.41) is 3.82. The van der Waals surface area contributed by atoms with Crippen LogP contribution in [0.1, 0.15) is 28.8 Å². The smallest absolute Gasteiger partial charge is 0.231 e. The number of amides is 1. The highest BCUT2D eigenvalue weighted by atomic mass is 16.3. The molecular weight excluding hydrogens is 278 g/mol. The Hall–Kier alpha value is -2.56. The molecule has 0 aliphatic heterocycles. The standard InChI is InChI=1S/C17H17N3O2/c1-10-8-18-17(19-10)20-16(21)7-13-9-22-15-6-12-4-2-3-11(12)5-14(13)15/h5-6,8-9H,2-4,7H2,1H3,(H2,18,19,20,21). The molecule has 0 unspecified atom stereocenters. The van der Waals surface area contributed by atoms with Gasteiger partial charge in [-0.15, -0.1) is 0 Å². The Morgan fingerprint density at radius 2 is 2.18 bits per heavy atom. The molecule has 2 N–H and O–H groups in total. The first kappa shape index (κ1) is 13.1. The minimum atomic E-state index is -0.0995. The summed E-state index contributed by atoms with van der Waals surface area (Å²) in [5.74, 6) is 0.383. The van der Waals surface area contributed by atoms with Crippen molar-refractivity contribution in [1.82, 2.24) is 9.97 Å². The molecule has 0 radical (unpaired) electrons. The number of fused-ring (bicyclic) bond motifs is 2. The molecule has 0 saturated carbocycles. The van der Waals surface area contributed by atoms with Gasteiger partial charge in [-0.2, -0.15) is 0 Å². The number of aryl methyl sites for hydroxylation is 3. The Labute approximate surface area is 127 Å². The number of aromatic nitrogens is 2. The van der Waals surface area contributed by atoms with E-state index in [9.17, 15) is 4.79 Å². The van der Waals surface area contributed by atoms with E-state index in [-0.39, 0.29) is 12.3 Å². The van der Waals surface area contributed by atoms with Crippen molar-refractivity contribution >= 4 is 22.8 Å². The summed E-state index contributed by atoms with van der Waals surface area (Å²) in [6.07, 6.45) is 7.10. The number of anilines is 1. The molecule has 112 valence electrons. The zero-order chi connectivity index (χ0) is 15.1. The summed E-state index contributed by atoms with van der Waals surface area (Å²) in [5.41, 5.74) is 5.48. The molecule has 0 spiro atoms. The fourth-order valence-corrected chi connectivity index (χ4v) is 3.11. The topological polar surface area (TPSA) is 70.9 Å². The van der Waals surface area contributed by atoms with Crippen molar-refractivity contribution in [2.75, 3.05) is 5.32 Å². The van der Waals surface area contributed by atoms with Gasteiger partial charge in [0.25, 0.3) is 0 Å². The van der Waals surface area contributed by atoms with Crippen molar-refractivity contribution in [3.63, 3.8) is 0 Å². The number of hydrogen-bond acceptors (Lipinski definition) is 3. The molecule has 3 aromatic rings. The third kappa shape index (κ3) is 2.28. The number of nitrogens with zero attached hydrogens (tertiary/aromatic N) is 1. The minimum Gasteiger partial charge on any atom is -0.464 e. The van der Waals surface area contributed by atoms with Crippen LogP contribution >= 0.6 is 0 Å². The van der Waals surface area contributed by atoms with Crippen LogP contribution in [0.25, 0.3) is 11.0 Å². The van der Waals surface area contributed by atoms with Gasteiger partial charge in [0.2, 0.25) is 11.9 Å². The summed E-state index contributed by atoms with van der Waals surface area (Å²) < 4.78 is 5.63. The fraction of sp³-hybridized carbons (Fsp3) is 0.294. The summed E-state index contributed by atoms with van der Waals surface area (Å²) in [4.78, 5) is 19.2. The van der Waals surface area contributed by atoms with Crippen LogP contribution in [0.5, 0.6) is 0 Å². The Kier molecular flexibility index (Phi) is 2.99. The Morgan fingerprint density at radius 1 is 1.36 bits per heavy atom. The van der Waals surface area contributed by atoms with E-state index in [4.69, 9.17) is 4.42 Å². The lowest BCUT2D eigenvalue weighted by atomic mass is 10.0. The van der Waals surface area contributed by atoms with Crippen molar-refractivity contribution in [3.05, 3.63) is 47.0 Å². The van der Waals surface area contributed by atoms with Gasteiger partial charge in [0.1, 0.15) is 5.58 Å². The number of aromatic amines is 1. The zero-order valence-electron chi connectivity index (χ0n) is 12.4. The summed E-state index contributed by atoms with van der Waals surface area (Å²) in [6, 6.07) is 4.30. The SMILES string of the molecule is Cc1cnc(NC(=O)Cc2coc3cc4c(cc23)CCC4)[nH]1. The number of benzene rings is 1. The predicted octanol–water partition coefficient (Wildman–Crippen LogP) is 3.13. The van der Waals surface area contributed by atoms with Crippen LogP contribution in [0.4, 0.5) is 5.95 Å². The van der Waals surface area contributed by atoms with Crippen LogP contribution in [-0.2, 0) is 24.1 Å². The molecular formula is C17H17N3O2. The lowest BCUT2D eigenvalue weighted by molar-refractivity contribution is -0.115. The van der Waals surface area contributed by atoms with Gasteiger partial charge in [0.15, 0.2) is 0 Å². The van der Waals surface area contributed by atoms with Gasteiger partial charge in [-0.05, 0) is 49.4 Å². The van der Waals surface area contributed by atoms with Crippen molar-refractivity contribution < 1.29 is 9.21 Å². The number of carbonyl (C=O) groups excluding carboxylic acids is 1. The largest absolute Gasteiger partial charge is 0.464 e. The molecule has 0 saturated heterocycles. The lowest BCUT2D eigenvalue weighted by Gasteiger charge is -2.02. The maximum atomic E-state index is 12.2.